The van der Waals surface area contributed by atoms with Gasteiger partial charge in [0.1, 0.15) is 0 Å². The molecule has 0 saturated heterocycles. The molecule has 0 aliphatic carbocycles. The minimum Gasteiger partial charge on any atom is -0.432 e. The number of ether oxygens (including phenoxy) is 1. The highest BCUT2D eigenvalue weighted by atomic mass is 19.3. The summed E-state index contributed by atoms with van der Waals surface area (Å²) in [5.74, 6) is -1.48. The Hall–Kier alpha value is -2.37. The van der Waals surface area contributed by atoms with Gasteiger partial charge in [0, 0.05) is 17.8 Å². The Kier molecular flexibility index (Phi) is 4.02. The lowest BCUT2D eigenvalue weighted by Gasteiger charge is -2.13. The van der Waals surface area contributed by atoms with E-state index in [1.807, 2.05) is 25.1 Å². The summed E-state index contributed by atoms with van der Waals surface area (Å²) >= 11 is 0. The number of anilines is 3. The monoisotopic (exact) mass is 282 g/mol. The van der Waals surface area contributed by atoms with Gasteiger partial charge in [-0.2, -0.15) is 8.78 Å². The molecule has 2 rings (SSSR count). The second kappa shape index (κ2) is 5.73. The zero-order valence-electron chi connectivity index (χ0n) is 10.7. The van der Waals surface area contributed by atoms with E-state index >= 15 is 0 Å². The molecule has 0 atom stereocenters. The molecule has 0 radical (unpaired) electrons. The number of nitrogens with two attached hydrogens (primary N) is 1. The SMILES string of the molecule is Cc1cccc(Nc2cc(OC(F)F)c(F)cc2N)c1. The average molecular weight is 282 g/mol. The molecule has 0 unspecified atom stereocenters. The third-order valence-electron chi connectivity index (χ3n) is 2.62. The molecule has 0 bridgehead atoms. The minimum absolute atomic E-state index is 0.102. The molecule has 0 aliphatic rings. The van der Waals surface area contributed by atoms with E-state index in [-0.39, 0.29) is 5.69 Å². The van der Waals surface area contributed by atoms with Crippen LogP contribution < -0.4 is 15.8 Å². The van der Waals surface area contributed by atoms with Crippen molar-refractivity contribution >= 4 is 17.1 Å². The average Bonchev–Trinajstić information content (AvgIpc) is 2.34. The van der Waals surface area contributed by atoms with Gasteiger partial charge in [-0.25, -0.2) is 4.39 Å². The molecular formula is C14H13F3N2O. The summed E-state index contributed by atoms with van der Waals surface area (Å²) < 4.78 is 41.9. The van der Waals surface area contributed by atoms with Crippen molar-refractivity contribution in [2.75, 3.05) is 11.1 Å². The third-order valence-corrected chi connectivity index (χ3v) is 2.62. The number of nitrogen functional groups attached to an aromatic ring is 1. The maximum Gasteiger partial charge on any atom is 0.387 e. The molecule has 0 heterocycles. The van der Waals surface area contributed by atoms with Crippen LogP contribution in [0, 0.1) is 12.7 Å². The Bertz CT molecular complexity index is 617. The van der Waals surface area contributed by atoms with E-state index in [4.69, 9.17) is 5.73 Å². The third kappa shape index (κ3) is 3.34. The van der Waals surface area contributed by atoms with Gasteiger partial charge in [0.15, 0.2) is 11.6 Å². The maximum absolute atomic E-state index is 13.4. The largest absolute Gasteiger partial charge is 0.432 e. The fraction of sp³-hybridized carbons (Fsp3) is 0.143. The van der Waals surface area contributed by atoms with Crippen LogP contribution in [0.3, 0.4) is 0 Å². The van der Waals surface area contributed by atoms with Crippen LogP contribution in [0.4, 0.5) is 30.2 Å². The Labute approximate surface area is 114 Å². The van der Waals surface area contributed by atoms with Crippen LogP contribution in [0.25, 0.3) is 0 Å². The van der Waals surface area contributed by atoms with Gasteiger partial charge < -0.3 is 15.8 Å². The van der Waals surface area contributed by atoms with Crippen LogP contribution >= 0.6 is 0 Å². The normalized spacial score (nSPS) is 10.7. The molecule has 20 heavy (non-hydrogen) atoms. The van der Waals surface area contributed by atoms with Gasteiger partial charge >= 0.3 is 6.61 Å². The fourth-order valence-electron chi connectivity index (χ4n) is 1.74. The smallest absolute Gasteiger partial charge is 0.387 e. The Morgan fingerprint density at radius 2 is 1.95 bits per heavy atom. The van der Waals surface area contributed by atoms with E-state index in [2.05, 4.69) is 10.1 Å². The zero-order chi connectivity index (χ0) is 14.7. The van der Waals surface area contributed by atoms with Crippen molar-refractivity contribution in [3.63, 3.8) is 0 Å². The van der Waals surface area contributed by atoms with Crippen molar-refractivity contribution in [3.05, 3.63) is 47.8 Å². The van der Waals surface area contributed by atoms with Gasteiger partial charge in [-0.1, -0.05) is 12.1 Å². The van der Waals surface area contributed by atoms with Crippen molar-refractivity contribution in [3.8, 4) is 5.75 Å². The highest BCUT2D eigenvalue weighted by Gasteiger charge is 2.13. The molecule has 3 N–H and O–H groups in total. The standard InChI is InChI=1S/C14H13F3N2O/c1-8-3-2-4-9(5-8)19-12-7-13(20-14(16)17)10(15)6-11(12)18/h2-7,14,19H,18H2,1H3. The Balaban J connectivity index is 2.31. The van der Waals surface area contributed by atoms with Crippen LogP contribution in [0.5, 0.6) is 5.75 Å². The first-order valence-corrected chi connectivity index (χ1v) is 5.83. The number of benzene rings is 2. The molecule has 0 aromatic heterocycles. The second-order valence-electron chi connectivity index (χ2n) is 4.24. The zero-order valence-corrected chi connectivity index (χ0v) is 10.7. The van der Waals surface area contributed by atoms with E-state index in [1.54, 1.807) is 6.07 Å². The van der Waals surface area contributed by atoms with E-state index in [0.717, 1.165) is 17.7 Å². The second-order valence-corrected chi connectivity index (χ2v) is 4.24. The Morgan fingerprint density at radius 3 is 2.60 bits per heavy atom. The molecule has 0 amide bonds. The van der Waals surface area contributed by atoms with E-state index in [1.165, 1.54) is 0 Å². The summed E-state index contributed by atoms with van der Waals surface area (Å²) in [6.07, 6.45) is 0. The number of alkyl halides is 2. The predicted octanol–water partition coefficient (Wildman–Crippen LogP) is 4.06. The molecule has 3 nitrogen and oxygen atoms in total. The fourth-order valence-corrected chi connectivity index (χ4v) is 1.74. The first-order valence-electron chi connectivity index (χ1n) is 5.83. The molecule has 0 aliphatic heterocycles. The molecule has 6 heteroatoms. The molecular weight excluding hydrogens is 269 g/mol. The molecule has 0 saturated carbocycles. The van der Waals surface area contributed by atoms with Crippen LogP contribution in [-0.4, -0.2) is 6.61 Å². The lowest BCUT2D eigenvalue weighted by atomic mass is 10.2. The first kappa shape index (κ1) is 14.0. The first-order chi connectivity index (χ1) is 9.45. The van der Waals surface area contributed by atoms with Gasteiger partial charge in [-0.05, 0) is 24.6 Å². The van der Waals surface area contributed by atoms with Gasteiger partial charge in [0.2, 0.25) is 0 Å². The van der Waals surface area contributed by atoms with E-state index in [9.17, 15) is 13.2 Å². The highest BCUT2D eigenvalue weighted by molar-refractivity contribution is 5.74. The molecule has 0 spiro atoms. The summed E-state index contributed by atoms with van der Waals surface area (Å²) in [7, 11) is 0. The van der Waals surface area contributed by atoms with E-state index < -0.39 is 18.2 Å². The number of rotatable bonds is 4. The molecule has 2 aromatic carbocycles. The lowest BCUT2D eigenvalue weighted by molar-refractivity contribution is -0.0521. The number of aryl methyl sites for hydroxylation is 1. The predicted molar refractivity (Wildman–Crippen MR) is 71.9 cm³/mol. The Morgan fingerprint density at radius 1 is 1.20 bits per heavy atom. The van der Waals surface area contributed by atoms with E-state index in [0.29, 0.717) is 11.4 Å². The van der Waals surface area contributed by atoms with Crippen LogP contribution in [0.1, 0.15) is 5.56 Å². The number of nitrogens with one attached hydrogen (secondary N) is 1. The van der Waals surface area contributed by atoms with Crippen molar-refractivity contribution in [1.29, 1.82) is 0 Å². The number of halogens is 3. The van der Waals surface area contributed by atoms with Gasteiger partial charge in [-0.15, -0.1) is 0 Å². The number of hydrogen-bond donors (Lipinski definition) is 2. The molecule has 2 aromatic rings. The minimum atomic E-state index is -3.10. The van der Waals surface area contributed by atoms with Crippen LogP contribution in [-0.2, 0) is 0 Å². The summed E-state index contributed by atoms with van der Waals surface area (Å²) in [5, 5.41) is 2.94. The quantitative estimate of drug-likeness (QED) is 0.831. The number of hydrogen-bond acceptors (Lipinski definition) is 3. The lowest BCUT2D eigenvalue weighted by Crippen LogP contribution is -2.05. The van der Waals surface area contributed by atoms with Crippen molar-refractivity contribution in [2.24, 2.45) is 0 Å². The summed E-state index contributed by atoms with van der Waals surface area (Å²) in [6, 6.07) is 9.41. The molecule has 0 fully saturated rings. The van der Waals surface area contributed by atoms with Crippen molar-refractivity contribution in [1.82, 2.24) is 0 Å². The van der Waals surface area contributed by atoms with Crippen LogP contribution in [0.15, 0.2) is 36.4 Å². The van der Waals surface area contributed by atoms with Gasteiger partial charge in [0.05, 0.1) is 11.4 Å². The van der Waals surface area contributed by atoms with Gasteiger partial charge in [0.25, 0.3) is 0 Å². The molecule has 106 valence electrons. The van der Waals surface area contributed by atoms with Crippen molar-refractivity contribution in [2.45, 2.75) is 13.5 Å². The van der Waals surface area contributed by atoms with Crippen LogP contribution in [0.2, 0.25) is 0 Å². The summed E-state index contributed by atoms with van der Waals surface area (Å²) in [5.41, 5.74) is 7.79. The van der Waals surface area contributed by atoms with Crippen molar-refractivity contribution < 1.29 is 17.9 Å². The highest BCUT2D eigenvalue weighted by Crippen LogP contribution is 2.31. The summed E-state index contributed by atoms with van der Waals surface area (Å²) in [4.78, 5) is 0. The maximum atomic E-state index is 13.4. The van der Waals surface area contributed by atoms with Gasteiger partial charge in [-0.3, -0.25) is 0 Å². The topological polar surface area (TPSA) is 47.3 Å². The summed E-state index contributed by atoms with van der Waals surface area (Å²) in [6.45, 7) is -1.19.